The summed E-state index contributed by atoms with van der Waals surface area (Å²) in [6.07, 6.45) is 2.19. The van der Waals surface area contributed by atoms with E-state index < -0.39 is 0 Å². The molecule has 0 bridgehead atoms. The number of amides is 2. The van der Waals surface area contributed by atoms with Gasteiger partial charge in [0.15, 0.2) is 0 Å². The smallest absolute Gasteiger partial charge is 0.225 e. The molecule has 1 fully saturated rings. The molecule has 138 valence electrons. The highest BCUT2D eigenvalue weighted by Gasteiger charge is 2.33. The van der Waals surface area contributed by atoms with Gasteiger partial charge in [-0.05, 0) is 42.7 Å². The molecular weight excluding hydrogens is 335 g/mol. The van der Waals surface area contributed by atoms with Crippen LogP contribution in [0.1, 0.15) is 36.1 Å². The van der Waals surface area contributed by atoms with Crippen LogP contribution in [0.4, 0.5) is 4.39 Å². The Hall–Kier alpha value is -2.63. The molecule has 2 aromatic rings. The zero-order valence-electron chi connectivity index (χ0n) is 15.0. The highest BCUT2D eigenvalue weighted by Crippen LogP contribution is 2.31. The van der Waals surface area contributed by atoms with E-state index in [9.17, 15) is 14.0 Å². The molecule has 2 heterocycles. The van der Waals surface area contributed by atoms with Crippen LogP contribution in [0.3, 0.4) is 0 Å². The Morgan fingerprint density at radius 2 is 2.12 bits per heavy atom. The Morgan fingerprint density at radius 1 is 1.31 bits per heavy atom. The van der Waals surface area contributed by atoms with Crippen LogP contribution in [0.25, 0.3) is 0 Å². The van der Waals surface area contributed by atoms with E-state index in [1.165, 1.54) is 13.0 Å². The molecule has 3 rings (SSSR count). The number of piperidine rings is 1. The summed E-state index contributed by atoms with van der Waals surface area (Å²) in [4.78, 5) is 26.2. The van der Waals surface area contributed by atoms with Crippen molar-refractivity contribution in [3.8, 4) is 0 Å². The van der Waals surface area contributed by atoms with Gasteiger partial charge < -0.3 is 14.6 Å². The van der Waals surface area contributed by atoms with Gasteiger partial charge in [0, 0.05) is 25.9 Å². The molecule has 1 aliphatic heterocycles. The lowest BCUT2D eigenvalue weighted by atomic mass is 9.83. The molecule has 1 N–H and O–H groups in total. The molecule has 1 aromatic carbocycles. The first-order valence-electron chi connectivity index (χ1n) is 8.75. The molecule has 2 atom stereocenters. The molecule has 6 heteroatoms. The van der Waals surface area contributed by atoms with Gasteiger partial charge in [0.1, 0.15) is 11.6 Å². The summed E-state index contributed by atoms with van der Waals surface area (Å²) in [5.41, 5.74) is 1.53. The van der Waals surface area contributed by atoms with E-state index >= 15 is 0 Å². The maximum absolute atomic E-state index is 13.6. The van der Waals surface area contributed by atoms with Crippen molar-refractivity contribution in [1.29, 1.82) is 0 Å². The summed E-state index contributed by atoms with van der Waals surface area (Å²) in [5.74, 6) is -0.0261. The fourth-order valence-electron chi connectivity index (χ4n) is 3.44. The number of likely N-dealkylation sites (tertiary alicyclic amines) is 1. The highest BCUT2D eigenvalue weighted by molar-refractivity contribution is 5.80. The summed E-state index contributed by atoms with van der Waals surface area (Å²) < 4.78 is 18.8. The van der Waals surface area contributed by atoms with E-state index in [0.29, 0.717) is 37.4 Å². The topological polar surface area (TPSA) is 62.6 Å². The number of halogens is 1. The van der Waals surface area contributed by atoms with Gasteiger partial charge in [-0.15, -0.1) is 0 Å². The van der Waals surface area contributed by atoms with E-state index in [1.54, 1.807) is 42.4 Å². The van der Waals surface area contributed by atoms with Gasteiger partial charge in [0.25, 0.3) is 0 Å². The van der Waals surface area contributed by atoms with E-state index in [4.69, 9.17) is 4.42 Å². The molecule has 0 radical (unpaired) electrons. The predicted octanol–water partition coefficient (Wildman–Crippen LogP) is 3.00. The molecule has 1 aromatic heterocycles. The number of aryl methyl sites for hydroxylation is 1. The first kappa shape index (κ1) is 18.2. The molecule has 26 heavy (non-hydrogen) atoms. The number of hydrogen-bond donors (Lipinski definition) is 1. The zero-order valence-corrected chi connectivity index (χ0v) is 15.0. The molecule has 2 amide bonds. The van der Waals surface area contributed by atoms with Crippen LogP contribution in [-0.2, 0) is 16.1 Å². The van der Waals surface area contributed by atoms with Gasteiger partial charge in [0.2, 0.25) is 11.8 Å². The zero-order chi connectivity index (χ0) is 18.7. The third kappa shape index (κ3) is 4.12. The first-order valence-corrected chi connectivity index (χ1v) is 8.75. The molecule has 0 saturated carbocycles. The number of rotatable bonds is 4. The highest BCUT2D eigenvalue weighted by atomic mass is 19.1. The van der Waals surface area contributed by atoms with Crippen molar-refractivity contribution in [3.63, 3.8) is 0 Å². The fraction of sp³-hybridized carbons (Fsp3) is 0.400. The van der Waals surface area contributed by atoms with Crippen molar-refractivity contribution in [2.24, 2.45) is 5.92 Å². The third-order valence-corrected chi connectivity index (χ3v) is 4.94. The predicted molar refractivity (Wildman–Crippen MR) is 94.8 cm³/mol. The minimum atomic E-state index is -0.307. The SMILES string of the molecule is CC(=O)N1C[C@H](C(=O)NCc2ccco2)C[C@@H](c2ccc(F)c(C)c2)C1. The summed E-state index contributed by atoms with van der Waals surface area (Å²) in [5, 5.41) is 2.88. The van der Waals surface area contributed by atoms with Gasteiger partial charge in [-0.25, -0.2) is 4.39 Å². The van der Waals surface area contributed by atoms with Gasteiger partial charge in [-0.3, -0.25) is 9.59 Å². The maximum atomic E-state index is 13.6. The van der Waals surface area contributed by atoms with Gasteiger partial charge in [0.05, 0.1) is 18.7 Å². The van der Waals surface area contributed by atoms with Crippen molar-refractivity contribution >= 4 is 11.8 Å². The summed E-state index contributed by atoms with van der Waals surface area (Å²) >= 11 is 0. The van der Waals surface area contributed by atoms with Gasteiger partial charge in [-0.1, -0.05) is 12.1 Å². The Labute approximate surface area is 152 Å². The minimum absolute atomic E-state index is 0.00585. The molecule has 0 aliphatic carbocycles. The molecule has 1 saturated heterocycles. The van der Waals surface area contributed by atoms with Crippen molar-refractivity contribution in [3.05, 3.63) is 59.3 Å². The van der Waals surface area contributed by atoms with Gasteiger partial charge >= 0.3 is 0 Å². The minimum Gasteiger partial charge on any atom is -0.467 e. The largest absolute Gasteiger partial charge is 0.467 e. The van der Waals surface area contributed by atoms with E-state index in [1.807, 2.05) is 0 Å². The second-order valence-electron chi connectivity index (χ2n) is 6.86. The Bertz CT molecular complexity index is 788. The number of carbonyl (C=O) groups is 2. The standard InChI is InChI=1S/C20H23FN2O3/c1-13-8-15(5-6-19(13)21)16-9-17(12-23(11-16)14(2)24)20(25)22-10-18-4-3-7-26-18/h3-8,16-17H,9-12H2,1-2H3,(H,22,25)/t16-,17-/m1/s1. The van der Waals surface area contributed by atoms with E-state index in [2.05, 4.69) is 5.32 Å². The normalized spacial score (nSPS) is 20.0. The second-order valence-corrected chi connectivity index (χ2v) is 6.86. The Balaban J connectivity index is 1.73. The van der Waals surface area contributed by atoms with Crippen LogP contribution in [-0.4, -0.2) is 29.8 Å². The van der Waals surface area contributed by atoms with Crippen LogP contribution in [0.2, 0.25) is 0 Å². The lowest BCUT2D eigenvalue weighted by Crippen LogP contribution is -2.47. The number of benzene rings is 1. The average molecular weight is 358 g/mol. The lowest BCUT2D eigenvalue weighted by Gasteiger charge is -2.37. The van der Waals surface area contributed by atoms with Crippen molar-refractivity contribution in [1.82, 2.24) is 10.2 Å². The summed E-state index contributed by atoms with van der Waals surface area (Å²) in [6.45, 7) is 4.50. The van der Waals surface area contributed by atoms with E-state index in [0.717, 1.165) is 5.56 Å². The van der Waals surface area contributed by atoms with Crippen molar-refractivity contribution < 1.29 is 18.4 Å². The molecular formula is C20H23FN2O3. The number of furan rings is 1. The van der Waals surface area contributed by atoms with Crippen LogP contribution in [0.5, 0.6) is 0 Å². The van der Waals surface area contributed by atoms with Gasteiger partial charge in [-0.2, -0.15) is 0 Å². The van der Waals surface area contributed by atoms with E-state index in [-0.39, 0.29) is 29.5 Å². The van der Waals surface area contributed by atoms with Crippen LogP contribution in [0.15, 0.2) is 41.0 Å². The Morgan fingerprint density at radius 3 is 2.77 bits per heavy atom. The third-order valence-electron chi connectivity index (χ3n) is 4.94. The fourth-order valence-corrected chi connectivity index (χ4v) is 3.44. The number of nitrogens with zero attached hydrogens (tertiary/aromatic N) is 1. The molecule has 0 unspecified atom stereocenters. The average Bonchev–Trinajstić information content (AvgIpc) is 3.15. The lowest BCUT2D eigenvalue weighted by molar-refractivity contribution is -0.134. The number of nitrogens with one attached hydrogen (secondary N) is 1. The van der Waals surface area contributed by atoms with Crippen molar-refractivity contribution in [2.75, 3.05) is 13.1 Å². The number of carbonyl (C=O) groups excluding carboxylic acids is 2. The molecule has 1 aliphatic rings. The second kappa shape index (κ2) is 7.72. The monoisotopic (exact) mass is 358 g/mol. The first-order chi connectivity index (χ1) is 12.4. The molecule has 5 nitrogen and oxygen atoms in total. The van der Waals surface area contributed by atoms with Crippen molar-refractivity contribution in [2.45, 2.75) is 32.7 Å². The van der Waals surface area contributed by atoms with Crippen LogP contribution < -0.4 is 5.32 Å². The van der Waals surface area contributed by atoms with Crippen LogP contribution in [0, 0.1) is 18.7 Å². The Kier molecular flexibility index (Phi) is 5.40. The number of hydrogen-bond acceptors (Lipinski definition) is 3. The summed E-state index contributed by atoms with van der Waals surface area (Å²) in [6, 6.07) is 8.57. The summed E-state index contributed by atoms with van der Waals surface area (Å²) in [7, 11) is 0. The maximum Gasteiger partial charge on any atom is 0.225 e. The van der Waals surface area contributed by atoms with Crippen LogP contribution >= 0.6 is 0 Å². The quantitative estimate of drug-likeness (QED) is 0.914. The molecule has 0 spiro atoms.